The van der Waals surface area contributed by atoms with Gasteiger partial charge in [0.25, 0.3) is 0 Å². The van der Waals surface area contributed by atoms with Gasteiger partial charge in [-0.15, -0.1) is 0 Å². The molecule has 0 aromatic heterocycles. The Morgan fingerprint density at radius 1 is 0.431 bits per heavy atom. The highest BCUT2D eigenvalue weighted by molar-refractivity contribution is 5.61. The van der Waals surface area contributed by atoms with Crippen molar-refractivity contribution in [1.29, 1.82) is 0 Å². The van der Waals surface area contributed by atoms with E-state index in [1.54, 1.807) is 24.3 Å². The van der Waals surface area contributed by atoms with E-state index < -0.39 is 6.16 Å². The van der Waals surface area contributed by atoms with E-state index >= 15 is 0 Å². The van der Waals surface area contributed by atoms with Crippen molar-refractivity contribution < 1.29 is 69.3 Å². The summed E-state index contributed by atoms with van der Waals surface area (Å²) >= 11 is 0. The second-order valence-corrected chi connectivity index (χ2v) is 13.3. The molecule has 0 saturated carbocycles. The summed E-state index contributed by atoms with van der Waals surface area (Å²) in [5.74, 6) is 1.53. The average Bonchev–Trinajstić information content (AvgIpc) is 3.72. The normalized spacial score (nSPS) is 11.7. The van der Waals surface area contributed by atoms with Crippen LogP contribution in [-0.2, 0) is 41.6 Å². The molecule has 0 atom stereocenters. The van der Waals surface area contributed by atoms with Crippen LogP contribution in [0.5, 0.6) is 40.2 Å². The molecule has 5 rings (SSSR count). The van der Waals surface area contributed by atoms with Crippen molar-refractivity contribution in [2.24, 2.45) is 0 Å². The van der Waals surface area contributed by atoms with Crippen LogP contribution in [-0.4, -0.2) is 106 Å². The standard InChI is InChI=1S/C25H36O7.C16H18O4.C3H4O3/c26-11-3-6-22-18-20(7-9-23(22)30-15-12-27)4-1-2-5-21-8-10-24(31-16-13-28)25(19-21)32-17-14-29;17-13-7-5-11(9-15(13)19)3-1-2-4-12-6-8-14(18)16(20)10-12;4-3-5-1-2-6-3/h7-10,18-19,26-29H,1-6,11-17H2;5-10,17-20H,1-4H2;1-2H2. The number of hydrogen-bond acceptors (Lipinski definition) is 14. The molecule has 318 valence electrons. The minimum atomic E-state index is -0.546. The number of phenolic OH excluding ortho intramolecular Hbond substituents is 4. The minimum absolute atomic E-state index is 0.0253. The van der Waals surface area contributed by atoms with Crippen molar-refractivity contribution in [2.75, 3.05) is 59.5 Å². The molecule has 1 heterocycles. The topological polar surface area (TPSA) is 225 Å². The number of aryl methyl sites for hydroxylation is 5. The van der Waals surface area contributed by atoms with Crippen LogP contribution in [0.1, 0.15) is 59.9 Å². The molecule has 1 aliphatic heterocycles. The first kappa shape index (κ1) is 47.0. The fraction of sp³-hybridized carbons (Fsp3) is 0.432. The molecule has 0 radical (unpaired) electrons. The number of ether oxygens (including phenoxy) is 5. The van der Waals surface area contributed by atoms with Crippen LogP contribution in [0.4, 0.5) is 4.79 Å². The first-order valence-corrected chi connectivity index (χ1v) is 19.5. The zero-order valence-electron chi connectivity index (χ0n) is 32.9. The number of aromatic hydroxyl groups is 4. The second kappa shape index (κ2) is 27.3. The predicted octanol–water partition coefficient (Wildman–Crippen LogP) is 5.52. The van der Waals surface area contributed by atoms with Crippen molar-refractivity contribution in [2.45, 2.75) is 64.2 Å². The fourth-order valence-electron chi connectivity index (χ4n) is 5.86. The molecule has 14 nitrogen and oxygen atoms in total. The number of unbranched alkanes of at least 4 members (excludes halogenated alkanes) is 2. The van der Waals surface area contributed by atoms with E-state index in [4.69, 9.17) is 34.6 Å². The van der Waals surface area contributed by atoms with Gasteiger partial charge in [-0.3, -0.25) is 0 Å². The Bertz CT molecular complexity index is 1650. The van der Waals surface area contributed by atoms with Crippen LogP contribution in [0.25, 0.3) is 0 Å². The van der Waals surface area contributed by atoms with Crippen molar-refractivity contribution in [1.82, 2.24) is 0 Å². The van der Waals surface area contributed by atoms with Gasteiger partial charge < -0.3 is 64.5 Å². The van der Waals surface area contributed by atoms with Gasteiger partial charge in [-0.1, -0.05) is 30.3 Å². The molecule has 0 aliphatic carbocycles. The van der Waals surface area contributed by atoms with Gasteiger partial charge in [0.1, 0.15) is 38.8 Å². The maximum atomic E-state index is 9.80. The summed E-state index contributed by atoms with van der Waals surface area (Å²) in [6.45, 7) is 1.44. The zero-order chi connectivity index (χ0) is 42.0. The Morgan fingerprint density at radius 3 is 1.28 bits per heavy atom. The third-order valence-corrected chi connectivity index (χ3v) is 8.75. The van der Waals surface area contributed by atoms with Crippen LogP contribution in [0.3, 0.4) is 0 Å². The van der Waals surface area contributed by atoms with E-state index in [0.717, 1.165) is 85.8 Å². The van der Waals surface area contributed by atoms with Crippen LogP contribution in [0.2, 0.25) is 0 Å². The molecular formula is C44H58O14. The SMILES string of the molecule is O=C1OCCO1.OCCCc1cc(CCCCc2ccc(OCCO)c(OCCO)c2)ccc1OCCO.Oc1ccc(CCCCc2ccc(O)c(O)c2)cc1O. The molecule has 0 amide bonds. The van der Waals surface area contributed by atoms with E-state index in [9.17, 15) is 25.2 Å². The number of rotatable bonds is 22. The molecular weight excluding hydrogens is 752 g/mol. The summed E-state index contributed by atoms with van der Waals surface area (Å²) in [5.41, 5.74) is 5.39. The lowest BCUT2D eigenvalue weighted by Gasteiger charge is -2.14. The van der Waals surface area contributed by atoms with Gasteiger partial charge in [-0.2, -0.15) is 0 Å². The molecule has 4 aromatic rings. The number of aliphatic hydroxyl groups excluding tert-OH is 4. The number of aliphatic hydroxyl groups is 4. The number of benzene rings is 4. The van der Waals surface area contributed by atoms with E-state index in [-0.39, 0.29) is 69.2 Å². The van der Waals surface area contributed by atoms with E-state index in [1.807, 2.05) is 24.3 Å². The van der Waals surface area contributed by atoms with Gasteiger partial charge in [0.2, 0.25) is 0 Å². The first-order chi connectivity index (χ1) is 28.2. The van der Waals surface area contributed by atoms with Gasteiger partial charge in [-0.05, 0) is 134 Å². The largest absolute Gasteiger partial charge is 0.508 e. The molecule has 1 saturated heterocycles. The number of hydrogen-bond donors (Lipinski definition) is 8. The molecule has 4 aromatic carbocycles. The Morgan fingerprint density at radius 2 is 0.845 bits per heavy atom. The quantitative estimate of drug-likeness (QED) is 0.0278. The summed E-state index contributed by atoms with van der Waals surface area (Å²) in [6, 6.07) is 21.6. The Labute approximate surface area is 339 Å². The molecule has 0 bridgehead atoms. The van der Waals surface area contributed by atoms with Crippen molar-refractivity contribution in [3.05, 3.63) is 101 Å². The monoisotopic (exact) mass is 810 g/mol. The molecule has 0 spiro atoms. The third kappa shape index (κ3) is 17.8. The lowest BCUT2D eigenvalue weighted by atomic mass is 10.00. The Balaban J connectivity index is 0.000000291. The van der Waals surface area contributed by atoms with Crippen LogP contribution < -0.4 is 14.2 Å². The lowest BCUT2D eigenvalue weighted by molar-refractivity contribution is 0.131. The molecule has 8 N–H and O–H groups in total. The number of cyclic esters (lactones) is 2. The van der Waals surface area contributed by atoms with Crippen molar-refractivity contribution in [3.63, 3.8) is 0 Å². The summed E-state index contributed by atoms with van der Waals surface area (Å²) in [4.78, 5) is 9.80. The maximum absolute atomic E-state index is 9.80. The summed E-state index contributed by atoms with van der Waals surface area (Å²) in [5, 5.41) is 73.4. The van der Waals surface area contributed by atoms with Crippen LogP contribution >= 0.6 is 0 Å². The summed E-state index contributed by atoms with van der Waals surface area (Å²) in [7, 11) is 0. The lowest BCUT2D eigenvalue weighted by Crippen LogP contribution is -2.07. The highest BCUT2D eigenvalue weighted by Crippen LogP contribution is 2.30. The minimum Gasteiger partial charge on any atom is -0.504 e. The molecule has 0 unspecified atom stereocenters. The van der Waals surface area contributed by atoms with E-state index in [0.29, 0.717) is 31.1 Å². The number of carbonyl (C=O) groups excluding carboxylic acids is 1. The highest BCUT2D eigenvalue weighted by atomic mass is 16.8. The smallest absolute Gasteiger partial charge is 0.504 e. The highest BCUT2D eigenvalue weighted by Gasteiger charge is 2.11. The van der Waals surface area contributed by atoms with Crippen molar-refractivity contribution in [3.8, 4) is 40.2 Å². The van der Waals surface area contributed by atoms with Gasteiger partial charge >= 0.3 is 6.16 Å². The molecule has 1 aliphatic rings. The van der Waals surface area contributed by atoms with E-state index in [1.165, 1.54) is 17.7 Å². The van der Waals surface area contributed by atoms with E-state index in [2.05, 4.69) is 21.6 Å². The summed E-state index contributed by atoms with van der Waals surface area (Å²) < 4.78 is 25.3. The number of phenols is 4. The van der Waals surface area contributed by atoms with Crippen LogP contribution in [0, 0.1) is 0 Å². The van der Waals surface area contributed by atoms with Gasteiger partial charge in [0.15, 0.2) is 34.5 Å². The van der Waals surface area contributed by atoms with Gasteiger partial charge in [-0.25, -0.2) is 4.79 Å². The molecule has 1 fully saturated rings. The Hall–Kier alpha value is -5.41. The third-order valence-electron chi connectivity index (χ3n) is 8.75. The zero-order valence-corrected chi connectivity index (χ0v) is 32.9. The summed E-state index contributed by atoms with van der Waals surface area (Å²) in [6.07, 6.45) is 8.24. The second-order valence-electron chi connectivity index (χ2n) is 13.3. The average molecular weight is 811 g/mol. The van der Waals surface area contributed by atoms with Gasteiger partial charge in [0.05, 0.1) is 19.8 Å². The van der Waals surface area contributed by atoms with Gasteiger partial charge in [0, 0.05) is 6.61 Å². The molecule has 58 heavy (non-hydrogen) atoms. The first-order valence-electron chi connectivity index (χ1n) is 19.5. The van der Waals surface area contributed by atoms with Crippen molar-refractivity contribution >= 4 is 6.16 Å². The molecule has 14 heteroatoms. The fourth-order valence-corrected chi connectivity index (χ4v) is 5.86. The number of carbonyl (C=O) groups is 1. The predicted molar refractivity (Wildman–Crippen MR) is 216 cm³/mol. The van der Waals surface area contributed by atoms with Crippen LogP contribution in [0.15, 0.2) is 72.8 Å². The Kier molecular flexibility index (Phi) is 22.1. The maximum Gasteiger partial charge on any atom is 0.508 e.